The minimum Gasteiger partial charge on any atom is -0.417 e. The van der Waals surface area contributed by atoms with Gasteiger partial charge in [0.15, 0.2) is 8.32 Å². The van der Waals surface area contributed by atoms with Crippen molar-refractivity contribution in [3.8, 4) is 0 Å². The highest BCUT2D eigenvalue weighted by Crippen LogP contribution is 2.42. The fourth-order valence-electron chi connectivity index (χ4n) is 2.80. The van der Waals surface area contributed by atoms with E-state index < -0.39 is 8.32 Å². The van der Waals surface area contributed by atoms with E-state index in [0.29, 0.717) is 6.61 Å². The second-order valence-electron chi connectivity index (χ2n) is 10.5. The first-order valence-electron chi connectivity index (χ1n) is 10.5. The fourth-order valence-corrected chi connectivity index (χ4v) is 3.84. The van der Waals surface area contributed by atoms with E-state index in [4.69, 9.17) is 13.7 Å². The Bertz CT molecular complexity index is 646. The van der Waals surface area contributed by atoms with Crippen LogP contribution in [0.4, 0.5) is 0 Å². The average Bonchev–Trinajstić information content (AvgIpc) is 2.78. The molecule has 3 nitrogen and oxygen atoms in total. The molecule has 0 bridgehead atoms. The largest absolute Gasteiger partial charge is 0.467 e. The SMILES string of the molecule is CC1(C)OB(C(/C=C\Cc2ccccc2)CO[Si](C)(C)C(C)(C)C)OC1(C)C. The van der Waals surface area contributed by atoms with Crippen LogP contribution >= 0.6 is 0 Å². The first-order valence-corrected chi connectivity index (χ1v) is 13.4. The van der Waals surface area contributed by atoms with Gasteiger partial charge in [0.25, 0.3) is 0 Å². The molecular weight excluding hydrogens is 363 g/mol. The molecule has 0 amide bonds. The fraction of sp³-hybridized carbons (Fsp3) is 0.652. The molecular formula is C23H39BO3Si. The van der Waals surface area contributed by atoms with Crippen LogP contribution < -0.4 is 0 Å². The molecule has 1 unspecified atom stereocenters. The van der Waals surface area contributed by atoms with Gasteiger partial charge in [-0.25, -0.2) is 0 Å². The Kier molecular flexibility index (Phi) is 7.08. The molecule has 28 heavy (non-hydrogen) atoms. The summed E-state index contributed by atoms with van der Waals surface area (Å²) in [6, 6.07) is 10.5. The van der Waals surface area contributed by atoms with Crippen molar-refractivity contribution in [2.45, 2.75) is 90.0 Å². The van der Waals surface area contributed by atoms with E-state index in [1.165, 1.54) is 5.56 Å². The number of hydrogen-bond donors (Lipinski definition) is 0. The normalized spacial score (nSPS) is 20.7. The van der Waals surface area contributed by atoms with Gasteiger partial charge < -0.3 is 13.7 Å². The third kappa shape index (κ3) is 5.59. The zero-order chi connectivity index (χ0) is 21.2. The lowest BCUT2D eigenvalue weighted by atomic mass is 9.72. The summed E-state index contributed by atoms with van der Waals surface area (Å²) < 4.78 is 19.2. The molecule has 0 aromatic heterocycles. The van der Waals surface area contributed by atoms with Gasteiger partial charge in [0, 0.05) is 12.4 Å². The van der Waals surface area contributed by atoms with Crippen molar-refractivity contribution >= 4 is 15.4 Å². The molecule has 1 aliphatic rings. The third-order valence-corrected chi connectivity index (χ3v) is 11.1. The molecule has 1 aromatic carbocycles. The first kappa shape index (κ1) is 23.4. The molecule has 156 valence electrons. The van der Waals surface area contributed by atoms with Crippen LogP contribution in [0.2, 0.25) is 23.9 Å². The molecule has 1 aliphatic heterocycles. The van der Waals surface area contributed by atoms with E-state index in [-0.39, 0.29) is 29.2 Å². The summed E-state index contributed by atoms with van der Waals surface area (Å²) >= 11 is 0. The zero-order valence-corrected chi connectivity index (χ0v) is 20.3. The maximum absolute atomic E-state index is 6.54. The van der Waals surface area contributed by atoms with E-state index in [9.17, 15) is 0 Å². The van der Waals surface area contributed by atoms with Crippen LogP contribution in [0.5, 0.6) is 0 Å². The van der Waals surface area contributed by atoms with Gasteiger partial charge in [-0.15, -0.1) is 0 Å². The second-order valence-corrected chi connectivity index (χ2v) is 15.3. The number of rotatable bonds is 7. The molecule has 1 saturated heterocycles. The lowest BCUT2D eigenvalue weighted by Crippen LogP contribution is -2.42. The number of benzene rings is 1. The van der Waals surface area contributed by atoms with Crippen molar-refractivity contribution < 1.29 is 13.7 Å². The highest BCUT2D eigenvalue weighted by molar-refractivity contribution is 6.74. The van der Waals surface area contributed by atoms with Gasteiger partial charge in [0.2, 0.25) is 0 Å². The Morgan fingerprint density at radius 3 is 2.07 bits per heavy atom. The molecule has 1 aromatic rings. The molecule has 1 atom stereocenters. The topological polar surface area (TPSA) is 27.7 Å². The van der Waals surface area contributed by atoms with Crippen LogP contribution in [-0.2, 0) is 20.2 Å². The van der Waals surface area contributed by atoms with Crippen molar-refractivity contribution in [1.82, 2.24) is 0 Å². The van der Waals surface area contributed by atoms with Crippen LogP contribution in [0.1, 0.15) is 54.0 Å². The summed E-state index contributed by atoms with van der Waals surface area (Å²) in [6.07, 6.45) is 5.35. The van der Waals surface area contributed by atoms with Gasteiger partial charge in [0.05, 0.1) is 11.2 Å². The summed E-state index contributed by atoms with van der Waals surface area (Å²) in [7, 11) is -2.13. The van der Waals surface area contributed by atoms with Crippen LogP contribution in [0.15, 0.2) is 42.5 Å². The van der Waals surface area contributed by atoms with Crippen molar-refractivity contribution in [1.29, 1.82) is 0 Å². The minimum absolute atomic E-state index is 0.0684. The monoisotopic (exact) mass is 402 g/mol. The van der Waals surface area contributed by atoms with E-state index in [0.717, 1.165) is 6.42 Å². The van der Waals surface area contributed by atoms with E-state index >= 15 is 0 Å². The summed E-state index contributed by atoms with van der Waals surface area (Å²) in [5, 5.41) is 0.182. The Labute approximate surface area is 174 Å². The Morgan fingerprint density at radius 2 is 1.57 bits per heavy atom. The predicted octanol–water partition coefficient (Wildman–Crippen LogP) is 6.27. The lowest BCUT2D eigenvalue weighted by Gasteiger charge is -2.37. The van der Waals surface area contributed by atoms with Gasteiger partial charge >= 0.3 is 7.12 Å². The molecule has 5 heteroatoms. The zero-order valence-electron chi connectivity index (χ0n) is 19.3. The standard InChI is InChI=1S/C23H39BO3Si/c1-21(2,3)28(8,9)25-18-20(17-13-16-19-14-11-10-12-15-19)24-26-22(4,5)23(6,7)27-24/h10-15,17,20H,16,18H2,1-9H3/b17-13-. The minimum atomic E-state index is -1.84. The van der Waals surface area contributed by atoms with Gasteiger partial charge in [-0.2, -0.15) is 0 Å². The second kappa shape index (κ2) is 8.47. The van der Waals surface area contributed by atoms with Crippen molar-refractivity contribution in [3.63, 3.8) is 0 Å². The highest BCUT2D eigenvalue weighted by Gasteiger charge is 2.53. The van der Waals surface area contributed by atoms with E-state index in [1.54, 1.807) is 0 Å². The molecule has 0 radical (unpaired) electrons. The molecule has 0 spiro atoms. The quantitative estimate of drug-likeness (QED) is 0.397. The molecule has 0 N–H and O–H groups in total. The van der Waals surface area contributed by atoms with Crippen molar-refractivity contribution in [2.75, 3.05) is 6.61 Å². The maximum Gasteiger partial charge on any atom is 0.467 e. The Balaban J connectivity index is 2.14. The molecule has 0 saturated carbocycles. The predicted molar refractivity (Wildman–Crippen MR) is 122 cm³/mol. The van der Waals surface area contributed by atoms with Crippen LogP contribution in [-0.4, -0.2) is 33.2 Å². The number of hydrogen-bond acceptors (Lipinski definition) is 3. The van der Waals surface area contributed by atoms with E-state index in [1.807, 2.05) is 6.07 Å². The molecule has 1 fully saturated rings. The Hall–Kier alpha value is -0.878. The van der Waals surface area contributed by atoms with Crippen LogP contribution in [0, 0.1) is 0 Å². The molecule has 1 heterocycles. The smallest absolute Gasteiger partial charge is 0.417 e. The van der Waals surface area contributed by atoms with Gasteiger partial charge in [-0.05, 0) is 57.8 Å². The maximum atomic E-state index is 6.54. The summed E-state index contributed by atoms with van der Waals surface area (Å²) in [6.45, 7) is 20.4. The van der Waals surface area contributed by atoms with Gasteiger partial charge in [-0.3, -0.25) is 0 Å². The van der Waals surface area contributed by atoms with Crippen LogP contribution in [0.25, 0.3) is 0 Å². The Morgan fingerprint density at radius 1 is 1.04 bits per heavy atom. The highest BCUT2D eigenvalue weighted by atomic mass is 28.4. The summed E-state index contributed by atoms with van der Waals surface area (Å²) in [4.78, 5) is 0. The summed E-state index contributed by atoms with van der Waals surface area (Å²) in [5.74, 6) is 0.0684. The first-order chi connectivity index (χ1) is 12.8. The third-order valence-electron chi connectivity index (χ3n) is 6.64. The van der Waals surface area contributed by atoms with Crippen molar-refractivity contribution in [2.24, 2.45) is 0 Å². The van der Waals surface area contributed by atoms with Gasteiger partial charge in [-0.1, -0.05) is 63.3 Å². The molecule has 2 rings (SSSR count). The van der Waals surface area contributed by atoms with Crippen molar-refractivity contribution in [3.05, 3.63) is 48.0 Å². The van der Waals surface area contributed by atoms with Gasteiger partial charge in [0.1, 0.15) is 0 Å². The average molecular weight is 402 g/mol. The lowest BCUT2D eigenvalue weighted by molar-refractivity contribution is 0.00578. The van der Waals surface area contributed by atoms with Crippen LogP contribution in [0.3, 0.4) is 0 Å². The number of allylic oxidation sites excluding steroid dienone is 1. The summed E-state index contributed by atoms with van der Waals surface area (Å²) in [5.41, 5.74) is 0.636. The van der Waals surface area contributed by atoms with E-state index in [2.05, 4.69) is 98.0 Å². The molecule has 0 aliphatic carbocycles.